The molecule has 17 heavy (non-hydrogen) atoms. The zero-order valence-corrected chi connectivity index (χ0v) is 9.89. The number of aromatic amines is 1. The Hall–Kier alpha value is -1.95. The molecule has 0 bridgehead atoms. The molecule has 1 N–H and O–H groups in total. The summed E-state index contributed by atoms with van der Waals surface area (Å²) in [4.78, 5) is 11.5. The molecule has 0 saturated heterocycles. The molecule has 0 radical (unpaired) electrons. The van der Waals surface area contributed by atoms with Crippen LogP contribution < -0.4 is 0 Å². The first-order valence-corrected chi connectivity index (χ1v) is 6.15. The Balaban J connectivity index is 1.78. The molecule has 0 aliphatic heterocycles. The van der Waals surface area contributed by atoms with Crippen molar-refractivity contribution in [3.05, 3.63) is 42.2 Å². The van der Waals surface area contributed by atoms with Gasteiger partial charge >= 0.3 is 0 Å². The van der Waals surface area contributed by atoms with Crippen LogP contribution in [0, 0.1) is 0 Å². The van der Waals surface area contributed by atoms with Gasteiger partial charge in [0.15, 0.2) is 0 Å². The van der Waals surface area contributed by atoms with Crippen molar-refractivity contribution in [2.75, 3.05) is 0 Å². The number of aryl methyl sites for hydroxylation is 2. The largest absolute Gasteiger partial charge is 0.348 e. The Labute approximate surface area is 102 Å². The maximum atomic E-state index is 4.36. The fraction of sp³-hybridized carbons (Fsp3) is 0.182. The molecule has 3 aromatic heterocycles. The summed E-state index contributed by atoms with van der Waals surface area (Å²) in [5, 5.41) is 2.01. The van der Waals surface area contributed by atoms with Crippen LogP contribution in [0.4, 0.5) is 0 Å². The van der Waals surface area contributed by atoms with Crippen LogP contribution in [0.15, 0.2) is 36.5 Å². The van der Waals surface area contributed by atoms with Crippen LogP contribution in [0.1, 0.15) is 5.69 Å². The number of nitrogens with zero attached hydrogens (tertiary/aromatic N) is 4. The highest BCUT2D eigenvalue weighted by Crippen LogP contribution is 2.18. The van der Waals surface area contributed by atoms with E-state index in [4.69, 9.17) is 0 Å². The van der Waals surface area contributed by atoms with Crippen LogP contribution >= 0.6 is 11.5 Å². The van der Waals surface area contributed by atoms with Crippen LogP contribution in [-0.4, -0.2) is 23.9 Å². The first kappa shape index (κ1) is 10.2. The van der Waals surface area contributed by atoms with E-state index in [1.165, 1.54) is 11.5 Å². The molecule has 0 amide bonds. The fourth-order valence-corrected chi connectivity index (χ4v) is 2.24. The lowest BCUT2D eigenvalue weighted by Crippen LogP contribution is -2.02. The SMILES string of the molecule is c1cn(CCc2cnc[nH]2)c(-c2cnsc2)n1. The second-order valence-electron chi connectivity index (χ2n) is 3.68. The summed E-state index contributed by atoms with van der Waals surface area (Å²) in [6.45, 7) is 0.882. The van der Waals surface area contributed by atoms with Crippen molar-refractivity contribution >= 4 is 11.5 Å². The van der Waals surface area contributed by atoms with Gasteiger partial charge in [-0.2, -0.15) is 0 Å². The predicted molar refractivity (Wildman–Crippen MR) is 65.6 cm³/mol. The highest BCUT2D eigenvalue weighted by Gasteiger charge is 2.06. The summed E-state index contributed by atoms with van der Waals surface area (Å²) >= 11 is 1.44. The molecule has 0 unspecified atom stereocenters. The Morgan fingerprint density at radius 1 is 1.35 bits per heavy atom. The van der Waals surface area contributed by atoms with Gasteiger partial charge in [0.05, 0.1) is 12.5 Å². The van der Waals surface area contributed by atoms with Crippen molar-refractivity contribution < 1.29 is 0 Å². The molecule has 3 rings (SSSR count). The van der Waals surface area contributed by atoms with Gasteiger partial charge in [0.25, 0.3) is 0 Å². The summed E-state index contributed by atoms with van der Waals surface area (Å²) < 4.78 is 6.23. The Kier molecular flexibility index (Phi) is 2.71. The van der Waals surface area contributed by atoms with E-state index >= 15 is 0 Å². The molecule has 0 aliphatic rings. The van der Waals surface area contributed by atoms with Gasteiger partial charge in [0.2, 0.25) is 0 Å². The van der Waals surface area contributed by atoms with Crippen molar-refractivity contribution in [3.63, 3.8) is 0 Å². The lowest BCUT2D eigenvalue weighted by Gasteiger charge is -2.04. The standard InChI is InChI=1S/C11H11N5S/c1(10-6-12-8-14-10)3-16-4-2-13-11(16)9-5-15-17-7-9/h2,4-8H,1,3H2,(H,12,14). The molecular formula is C11H11N5S. The summed E-state index contributed by atoms with van der Waals surface area (Å²) in [5.74, 6) is 0.971. The molecule has 0 atom stereocenters. The molecule has 0 spiro atoms. The van der Waals surface area contributed by atoms with Gasteiger partial charge in [-0.25, -0.2) is 14.3 Å². The van der Waals surface area contributed by atoms with Crippen LogP contribution in [0.5, 0.6) is 0 Å². The van der Waals surface area contributed by atoms with E-state index in [0.29, 0.717) is 0 Å². The second kappa shape index (κ2) is 4.50. The van der Waals surface area contributed by atoms with Crippen LogP contribution in [-0.2, 0) is 13.0 Å². The smallest absolute Gasteiger partial charge is 0.142 e. The minimum absolute atomic E-state index is 0.882. The molecular weight excluding hydrogens is 234 g/mol. The lowest BCUT2D eigenvalue weighted by molar-refractivity contribution is 0.694. The Morgan fingerprint density at radius 3 is 3.12 bits per heavy atom. The van der Waals surface area contributed by atoms with Gasteiger partial charge in [-0.05, 0) is 11.5 Å². The predicted octanol–water partition coefficient (Wildman–Crippen LogP) is 1.97. The molecule has 0 aromatic carbocycles. The van der Waals surface area contributed by atoms with Crippen LogP contribution in [0.2, 0.25) is 0 Å². The average Bonchev–Trinajstić information content (AvgIpc) is 3.09. The van der Waals surface area contributed by atoms with Crippen molar-refractivity contribution in [1.29, 1.82) is 0 Å². The fourth-order valence-electron chi connectivity index (χ4n) is 1.73. The lowest BCUT2D eigenvalue weighted by atomic mass is 10.3. The van der Waals surface area contributed by atoms with Crippen molar-refractivity contribution in [2.24, 2.45) is 0 Å². The monoisotopic (exact) mass is 245 g/mol. The maximum Gasteiger partial charge on any atom is 0.142 e. The number of nitrogens with one attached hydrogen (secondary N) is 1. The number of hydrogen-bond acceptors (Lipinski definition) is 4. The number of imidazole rings is 2. The molecule has 6 heteroatoms. The quantitative estimate of drug-likeness (QED) is 0.764. The van der Waals surface area contributed by atoms with E-state index in [2.05, 4.69) is 23.9 Å². The minimum atomic E-state index is 0.882. The Bertz CT molecular complexity index is 567. The zero-order valence-electron chi connectivity index (χ0n) is 9.08. The molecule has 3 heterocycles. The Morgan fingerprint density at radius 2 is 2.35 bits per heavy atom. The maximum absolute atomic E-state index is 4.36. The van der Waals surface area contributed by atoms with Gasteiger partial charge in [-0.1, -0.05) is 0 Å². The number of hydrogen-bond donors (Lipinski definition) is 1. The number of aromatic nitrogens is 5. The van der Waals surface area contributed by atoms with Crippen molar-refractivity contribution in [1.82, 2.24) is 23.9 Å². The average molecular weight is 245 g/mol. The number of rotatable bonds is 4. The van der Waals surface area contributed by atoms with Crippen molar-refractivity contribution in [3.8, 4) is 11.4 Å². The van der Waals surface area contributed by atoms with Gasteiger partial charge in [-0.3, -0.25) is 0 Å². The minimum Gasteiger partial charge on any atom is -0.348 e. The second-order valence-corrected chi connectivity index (χ2v) is 4.34. The molecule has 0 aliphatic carbocycles. The van der Waals surface area contributed by atoms with Gasteiger partial charge in [-0.15, -0.1) is 0 Å². The van der Waals surface area contributed by atoms with E-state index in [1.54, 1.807) is 6.33 Å². The van der Waals surface area contributed by atoms with Gasteiger partial charge < -0.3 is 9.55 Å². The highest BCUT2D eigenvalue weighted by atomic mass is 32.1. The van der Waals surface area contributed by atoms with E-state index in [1.807, 2.05) is 30.2 Å². The van der Waals surface area contributed by atoms with E-state index in [-0.39, 0.29) is 0 Å². The first-order valence-electron chi connectivity index (χ1n) is 5.31. The van der Waals surface area contributed by atoms with Gasteiger partial charge in [0.1, 0.15) is 5.82 Å². The summed E-state index contributed by atoms with van der Waals surface area (Å²) in [6, 6.07) is 0. The van der Waals surface area contributed by atoms with E-state index < -0.39 is 0 Å². The number of H-pyrrole nitrogens is 1. The summed E-state index contributed by atoms with van der Waals surface area (Å²) in [6.07, 6.45) is 10.1. The van der Waals surface area contributed by atoms with Crippen LogP contribution in [0.25, 0.3) is 11.4 Å². The van der Waals surface area contributed by atoms with Crippen molar-refractivity contribution in [2.45, 2.75) is 13.0 Å². The third-order valence-corrected chi connectivity index (χ3v) is 3.17. The van der Waals surface area contributed by atoms with E-state index in [9.17, 15) is 0 Å². The molecule has 3 aromatic rings. The van der Waals surface area contributed by atoms with Crippen LogP contribution in [0.3, 0.4) is 0 Å². The molecule has 86 valence electrons. The summed E-state index contributed by atoms with van der Waals surface area (Å²) in [7, 11) is 0. The van der Waals surface area contributed by atoms with E-state index in [0.717, 1.165) is 30.0 Å². The normalized spacial score (nSPS) is 10.8. The third kappa shape index (κ3) is 2.12. The topological polar surface area (TPSA) is 59.4 Å². The van der Waals surface area contributed by atoms with Gasteiger partial charge in [0, 0.05) is 48.2 Å². The molecule has 0 saturated carbocycles. The molecule has 0 fully saturated rings. The first-order chi connectivity index (χ1) is 8.43. The molecule has 5 nitrogen and oxygen atoms in total. The zero-order chi connectivity index (χ0) is 11.5. The summed E-state index contributed by atoms with van der Waals surface area (Å²) in [5.41, 5.74) is 2.21. The third-order valence-electron chi connectivity index (χ3n) is 2.58. The highest BCUT2D eigenvalue weighted by molar-refractivity contribution is 7.03.